The lowest BCUT2D eigenvalue weighted by Crippen LogP contribution is -2.34. The summed E-state index contributed by atoms with van der Waals surface area (Å²) in [6.07, 6.45) is 0. The number of amides is 1. The molecule has 0 atom stereocenters. The molecule has 29 heavy (non-hydrogen) atoms. The summed E-state index contributed by atoms with van der Waals surface area (Å²) in [5, 5.41) is 9.60. The van der Waals surface area contributed by atoms with Crippen molar-refractivity contribution < 1.29 is 9.21 Å². The number of fused-ring (bicyclic) bond motifs is 1. The molecule has 1 amide bonds. The van der Waals surface area contributed by atoms with E-state index in [4.69, 9.17) is 4.42 Å². The average Bonchev–Trinajstić information content (AvgIpc) is 3.26. The Kier molecular flexibility index (Phi) is 4.42. The number of nitrogens with zero attached hydrogens (tertiary/aromatic N) is 2. The molecule has 0 bridgehead atoms. The summed E-state index contributed by atoms with van der Waals surface area (Å²) >= 11 is 0. The maximum absolute atomic E-state index is 13.1. The van der Waals surface area contributed by atoms with E-state index in [1.807, 2.05) is 13.8 Å². The third-order valence-electron chi connectivity index (χ3n) is 4.63. The molecule has 9 heteroatoms. The lowest BCUT2D eigenvalue weighted by atomic mass is 10.1. The number of anilines is 1. The van der Waals surface area contributed by atoms with E-state index in [0.717, 1.165) is 10.3 Å². The van der Waals surface area contributed by atoms with Gasteiger partial charge in [0.15, 0.2) is 5.82 Å². The highest BCUT2D eigenvalue weighted by Gasteiger charge is 2.24. The molecule has 0 saturated heterocycles. The molecule has 4 aromatic rings. The minimum Gasteiger partial charge on any atom is -0.444 e. The van der Waals surface area contributed by atoms with Crippen LogP contribution < -0.4 is 16.6 Å². The standard InChI is InChI=1S/C20H19N5O4/c1-10(2)13-9-14(24-23-13)21-17(26)15-11(3)29-18-16(15)19(27)25(20(28)22-18)12-7-5-4-6-8-12/h4-10H,1-3H3,(H,22,28)(H2,21,23,24,26). The van der Waals surface area contributed by atoms with Crippen molar-refractivity contribution in [1.29, 1.82) is 0 Å². The van der Waals surface area contributed by atoms with Gasteiger partial charge in [-0.1, -0.05) is 32.0 Å². The molecule has 0 unspecified atom stereocenters. The molecule has 0 aliphatic heterocycles. The largest absolute Gasteiger partial charge is 0.444 e. The van der Waals surface area contributed by atoms with Gasteiger partial charge in [-0.25, -0.2) is 9.36 Å². The molecular weight excluding hydrogens is 374 g/mol. The molecule has 148 valence electrons. The number of nitrogens with one attached hydrogen (secondary N) is 3. The number of carbonyl (C=O) groups excluding carboxylic acids is 1. The van der Waals surface area contributed by atoms with E-state index in [-0.39, 0.29) is 28.3 Å². The lowest BCUT2D eigenvalue weighted by Gasteiger charge is -2.05. The fraction of sp³-hybridized carbons (Fsp3) is 0.200. The van der Waals surface area contributed by atoms with Crippen LogP contribution in [0, 0.1) is 6.92 Å². The van der Waals surface area contributed by atoms with Crippen LogP contribution in [-0.2, 0) is 0 Å². The number of rotatable bonds is 4. The minimum atomic E-state index is -0.650. The van der Waals surface area contributed by atoms with Gasteiger partial charge in [-0.15, -0.1) is 0 Å². The Hall–Kier alpha value is -3.88. The lowest BCUT2D eigenvalue weighted by molar-refractivity contribution is 0.102. The number of aromatic nitrogens is 4. The van der Waals surface area contributed by atoms with Gasteiger partial charge in [0.2, 0.25) is 5.71 Å². The van der Waals surface area contributed by atoms with Crippen molar-refractivity contribution in [2.24, 2.45) is 0 Å². The molecule has 0 spiro atoms. The van der Waals surface area contributed by atoms with Crippen LogP contribution in [0.15, 0.2) is 50.4 Å². The topological polar surface area (TPSA) is 126 Å². The first kappa shape index (κ1) is 18.5. The number of benzene rings is 1. The van der Waals surface area contributed by atoms with Gasteiger partial charge in [-0.2, -0.15) is 5.10 Å². The summed E-state index contributed by atoms with van der Waals surface area (Å²) in [4.78, 5) is 41.0. The van der Waals surface area contributed by atoms with Crippen LogP contribution in [0.4, 0.5) is 5.82 Å². The van der Waals surface area contributed by atoms with E-state index >= 15 is 0 Å². The Balaban J connectivity index is 1.84. The molecule has 9 nitrogen and oxygen atoms in total. The minimum absolute atomic E-state index is 0.00284. The molecule has 3 aromatic heterocycles. The van der Waals surface area contributed by atoms with Crippen LogP contribution in [0.25, 0.3) is 16.8 Å². The van der Waals surface area contributed by atoms with Gasteiger partial charge >= 0.3 is 5.69 Å². The van der Waals surface area contributed by atoms with Crippen molar-refractivity contribution in [3.05, 3.63) is 74.3 Å². The molecule has 3 heterocycles. The zero-order valence-corrected chi connectivity index (χ0v) is 16.1. The summed E-state index contributed by atoms with van der Waals surface area (Å²) in [6, 6.07) is 10.2. The van der Waals surface area contributed by atoms with Gasteiger partial charge in [-0.3, -0.25) is 19.7 Å². The van der Waals surface area contributed by atoms with E-state index < -0.39 is 17.2 Å². The zero-order valence-electron chi connectivity index (χ0n) is 16.1. The van der Waals surface area contributed by atoms with E-state index in [1.54, 1.807) is 43.3 Å². The smallest absolute Gasteiger partial charge is 0.335 e. The highest BCUT2D eigenvalue weighted by atomic mass is 16.3. The van der Waals surface area contributed by atoms with Crippen molar-refractivity contribution in [2.75, 3.05) is 5.32 Å². The first-order valence-corrected chi connectivity index (χ1v) is 9.07. The van der Waals surface area contributed by atoms with E-state index in [9.17, 15) is 14.4 Å². The average molecular weight is 393 g/mol. The van der Waals surface area contributed by atoms with E-state index in [2.05, 4.69) is 20.5 Å². The summed E-state index contributed by atoms with van der Waals surface area (Å²) in [5.41, 5.74) is -0.0190. The third kappa shape index (κ3) is 3.16. The Labute approximate surface area is 164 Å². The van der Waals surface area contributed by atoms with E-state index in [0.29, 0.717) is 11.5 Å². The van der Waals surface area contributed by atoms with Crippen LogP contribution >= 0.6 is 0 Å². The van der Waals surface area contributed by atoms with Gasteiger partial charge in [-0.05, 0) is 25.0 Å². The van der Waals surface area contributed by atoms with Crippen molar-refractivity contribution in [1.82, 2.24) is 19.7 Å². The second kappa shape index (κ2) is 6.93. The fourth-order valence-corrected chi connectivity index (χ4v) is 3.15. The van der Waals surface area contributed by atoms with Gasteiger partial charge in [0.1, 0.15) is 11.1 Å². The second-order valence-corrected chi connectivity index (χ2v) is 6.96. The molecule has 0 radical (unpaired) electrons. The molecule has 3 N–H and O–H groups in total. The molecule has 0 aliphatic rings. The van der Waals surface area contributed by atoms with Gasteiger partial charge in [0.25, 0.3) is 11.5 Å². The number of hydrogen-bond acceptors (Lipinski definition) is 5. The summed E-state index contributed by atoms with van der Waals surface area (Å²) in [7, 11) is 0. The number of H-pyrrole nitrogens is 2. The Bertz CT molecular complexity index is 1320. The van der Waals surface area contributed by atoms with Gasteiger partial charge < -0.3 is 9.73 Å². The predicted molar refractivity (Wildman–Crippen MR) is 108 cm³/mol. The Morgan fingerprint density at radius 3 is 2.59 bits per heavy atom. The molecule has 0 saturated carbocycles. The third-order valence-corrected chi connectivity index (χ3v) is 4.63. The van der Waals surface area contributed by atoms with Crippen LogP contribution in [0.2, 0.25) is 0 Å². The summed E-state index contributed by atoms with van der Waals surface area (Å²) in [6.45, 7) is 5.55. The number of carbonyl (C=O) groups is 1. The predicted octanol–water partition coefficient (Wildman–Crippen LogP) is 2.68. The fourth-order valence-electron chi connectivity index (χ4n) is 3.15. The van der Waals surface area contributed by atoms with Crippen LogP contribution in [0.1, 0.15) is 41.6 Å². The number of furan rings is 1. The molecular formula is C20H19N5O4. The highest BCUT2D eigenvalue weighted by Crippen LogP contribution is 2.22. The molecule has 0 fully saturated rings. The molecule has 0 aliphatic carbocycles. The Morgan fingerprint density at radius 1 is 1.21 bits per heavy atom. The molecule has 4 rings (SSSR count). The van der Waals surface area contributed by atoms with E-state index in [1.165, 1.54) is 0 Å². The number of aromatic amines is 2. The maximum atomic E-state index is 13.1. The summed E-state index contributed by atoms with van der Waals surface area (Å²) < 4.78 is 6.47. The summed E-state index contributed by atoms with van der Waals surface area (Å²) in [5.74, 6) is 0.218. The first-order valence-electron chi connectivity index (χ1n) is 9.07. The second-order valence-electron chi connectivity index (χ2n) is 6.96. The quantitative estimate of drug-likeness (QED) is 0.491. The number of aryl methyl sites for hydroxylation is 1. The monoisotopic (exact) mass is 393 g/mol. The van der Waals surface area contributed by atoms with Crippen molar-refractivity contribution in [2.45, 2.75) is 26.7 Å². The Morgan fingerprint density at radius 2 is 1.93 bits per heavy atom. The normalized spacial score (nSPS) is 11.3. The SMILES string of the molecule is Cc1oc2[nH]c(=O)n(-c3ccccc3)c(=O)c2c1C(=O)Nc1cc(C(C)C)[nH]n1. The molecule has 1 aromatic carbocycles. The van der Waals surface area contributed by atoms with Crippen LogP contribution in [0.5, 0.6) is 0 Å². The van der Waals surface area contributed by atoms with Crippen LogP contribution in [-0.4, -0.2) is 25.7 Å². The van der Waals surface area contributed by atoms with Crippen LogP contribution in [0.3, 0.4) is 0 Å². The van der Waals surface area contributed by atoms with Crippen molar-refractivity contribution in [3.63, 3.8) is 0 Å². The van der Waals surface area contributed by atoms with Crippen molar-refractivity contribution >= 4 is 22.8 Å². The first-order chi connectivity index (χ1) is 13.9. The van der Waals surface area contributed by atoms with Crippen molar-refractivity contribution in [3.8, 4) is 5.69 Å². The van der Waals surface area contributed by atoms with Gasteiger partial charge in [0.05, 0.1) is 11.3 Å². The number of hydrogen-bond donors (Lipinski definition) is 3. The van der Waals surface area contributed by atoms with Gasteiger partial charge in [0, 0.05) is 11.8 Å². The maximum Gasteiger partial charge on any atom is 0.335 e. The number of para-hydroxylation sites is 1. The highest BCUT2D eigenvalue weighted by molar-refractivity contribution is 6.12. The zero-order chi connectivity index (χ0) is 20.7.